The number of nitrogens with two attached hydrogens (primary N) is 1. The van der Waals surface area contributed by atoms with Crippen molar-refractivity contribution < 1.29 is 9.90 Å². The molecule has 5 nitrogen and oxygen atoms in total. The van der Waals surface area contributed by atoms with Crippen LogP contribution < -0.4 is 16.0 Å². The first-order chi connectivity index (χ1) is 9.31. The van der Waals surface area contributed by atoms with Crippen molar-refractivity contribution in [1.29, 1.82) is 0 Å². The number of nitrogens with zero attached hydrogens (tertiary/aromatic N) is 1. The molecule has 0 radical (unpaired) electrons. The molecule has 0 saturated heterocycles. The molecular formula is C15H25N3O2. The van der Waals surface area contributed by atoms with Crippen LogP contribution in [0.15, 0.2) is 18.2 Å². The summed E-state index contributed by atoms with van der Waals surface area (Å²) < 4.78 is 0. The first kappa shape index (κ1) is 16.3. The van der Waals surface area contributed by atoms with Crippen molar-refractivity contribution in [3.8, 4) is 0 Å². The van der Waals surface area contributed by atoms with Gasteiger partial charge in [-0.15, -0.1) is 0 Å². The minimum Gasteiger partial charge on any atom is -0.399 e. The van der Waals surface area contributed by atoms with Crippen LogP contribution in [-0.2, 0) is 0 Å². The van der Waals surface area contributed by atoms with Gasteiger partial charge in [0.15, 0.2) is 0 Å². The number of rotatable bonds is 6. The van der Waals surface area contributed by atoms with Crippen LogP contribution >= 0.6 is 0 Å². The van der Waals surface area contributed by atoms with E-state index in [0.29, 0.717) is 23.6 Å². The summed E-state index contributed by atoms with van der Waals surface area (Å²) in [7, 11) is 3.74. The molecular weight excluding hydrogens is 254 g/mol. The van der Waals surface area contributed by atoms with Crippen LogP contribution in [-0.4, -0.2) is 37.8 Å². The molecule has 1 aromatic rings. The monoisotopic (exact) mass is 279 g/mol. The van der Waals surface area contributed by atoms with E-state index in [1.807, 2.05) is 38.9 Å². The van der Waals surface area contributed by atoms with E-state index in [9.17, 15) is 9.90 Å². The highest BCUT2D eigenvalue weighted by Crippen LogP contribution is 2.21. The molecule has 0 bridgehead atoms. The molecule has 1 rings (SSSR count). The predicted octanol–water partition coefficient (Wildman–Crippen LogP) is 1.47. The first-order valence-corrected chi connectivity index (χ1v) is 6.84. The Hall–Kier alpha value is -1.75. The van der Waals surface area contributed by atoms with Gasteiger partial charge in [0, 0.05) is 32.0 Å². The van der Waals surface area contributed by atoms with Crippen molar-refractivity contribution in [2.45, 2.75) is 26.4 Å². The molecule has 0 heterocycles. The lowest BCUT2D eigenvalue weighted by molar-refractivity contribution is 0.0901. The summed E-state index contributed by atoms with van der Waals surface area (Å²) in [6.07, 6.45) is 0.139. The Morgan fingerprint density at radius 2 is 2.05 bits per heavy atom. The summed E-state index contributed by atoms with van der Waals surface area (Å²) in [6.45, 7) is 4.32. The fourth-order valence-corrected chi connectivity index (χ4v) is 2.06. The molecule has 0 aliphatic heterocycles. The van der Waals surface area contributed by atoms with Crippen LogP contribution in [0.5, 0.6) is 0 Å². The Kier molecular flexibility index (Phi) is 5.82. The molecule has 4 N–H and O–H groups in total. The molecule has 1 aromatic carbocycles. The third-order valence-corrected chi connectivity index (χ3v) is 2.99. The number of aliphatic hydroxyl groups is 1. The number of aliphatic hydroxyl groups excluding tert-OH is 1. The fraction of sp³-hybridized carbons (Fsp3) is 0.533. The Bertz CT molecular complexity index is 458. The SMILES string of the molecule is CC(C)CC(O)CNC(=O)c1cc(N)ccc1N(C)C. The minimum atomic E-state index is -0.525. The van der Waals surface area contributed by atoms with Crippen molar-refractivity contribution in [2.24, 2.45) is 5.92 Å². The van der Waals surface area contributed by atoms with E-state index in [-0.39, 0.29) is 12.5 Å². The van der Waals surface area contributed by atoms with Crippen molar-refractivity contribution in [1.82, 2.24) is 5.32 Å². The summed E-state index contributed by atoms with van der Waals surface area (Å²) in [5, 5.41) is 12.6. The quantitative estimate of drug-likeness (QED) is 0.689. The summed E-state index contributed by atoms with van der Waals surface area (Å²) in [5.41, 5.74) is 7.61. The van der Waals surface area contributed by atoms with Crippen molar-refractivity contribution in [3.63, 3.8) is 0 Å². The molecule has 1 amide bonds. The largest absolute Gasteiger partial charge is 0.399 e. The molecule has 1 atom stereocenters. The molecule has 0 saturated carbocycles. The topological polar surface area (TPSA) is 78.6 Å². The van der Waals surface area contributed by atoms with Gasteiger partial charge < -0.3 is 21.1 Å². The van der Waals surface area contributed by atoms with Gasteiger partial charge in [-0.25, -0.2) is 0 Å². The summed E-state index contributed by atoms with van der Waals surface area (Å²) in [4.78, 5) is 14.1. The zero-order valence-corrected chi connectivity index (χ0v) is 12.7. The van der Waals surface area contributed by atoms with Gasteiger partial charge in [-0.2, -0.15) is 0 Å². The number of nitrogen functional groups attached to an aromatic ring is 1. The van der Waals surface area contributed by atoms with E-state index in [0.717, 1.165) is 5.69 Å². The number of hydrogen-bond donors (Lipinski definition) is 3. The van der Waals surface area contributed by atoms with Crippen molar-refractivity contribution in [2.75, 3.05) is 31.3 Å². The van der Waals surface area contributed by atoms with E-state index in [1.165, 1.54) is 0 Å². The van der Waals surface area contributed by atoms with Crippen LogP contribution in [0.3, 0.4) is 0 Å². The molecule has 0 aliphatic rings. The Morgan fingerprint density at radius 1 is 1.40 bits per heavy atom. The van der Waals surface area contributed by atoms with Gasteiger partial charge >= 0.3 is 0 Å². The van der Waals surface area contributed by atoms with Gasteiger partial charge in [0.25, 0.3) is 5.91 Å². The second-order valence-electron chi connectivity index (χ2n) is 5.66. The van der Waals surface area contributed by atoms with Gasteiger partial charge in [-0.05, 0) is 30.5 Å². The molecule has 0 spiro atoms. The van der Waals surface area contributed by atoms with Crippen molar-refractivity contribution >= 4 is 17.3 Å². The lowest BCUT2D eigenvalue weighted by Crippen LogP contribution is -2.33. The zero-order valence-electron chi connectivity index (χ0n) is 12.7. The first-order valence-electron chi connectivity index (χ1n) is 6.84. The Morgan fingerprint density at radius 3 is 2.60 bits per heavy atom. The van der Waals surface area contributed by atoms with Crippen LogP contribution in [0.25, 0.3) is 0 Å². The van der Waals surface area contributed by atoms with Crippen LogP contribution in [0.4, 0.5) is 11.4 Å². The van der Waals surface area contributed by atoms with Gasteiger partial charge in [-0.1, -0.05) is 13.8 Å². The maximum absolute atomic E-state index is 12.2. The normalized spacial score (nSPS) is 12.3. The highest BCUT2D eigenvalue weighted by Gasteiger charge is 2.15. The van der Waals surface area contributed by atoms with Crippen molar-refractivity contribution in [3.05, 3.63) is 23.8 Å². The van der Waals surface area contributed by atoms with Gasteiger partial charge in [0.2, 0.25) is 0 Å². The molecule has 0 fully saturated rings. The average Bonchev–Trinajstić information content (AvgIpc) is 2.34. The van der Waals surface area contributed by atoms with Gasteiger partial charge in [0.05, 0.1) is 11.7 Å². The van der Waals surface area contributed by atoms with Gasteiger partial charge in [-0.3, -0.25) is 4.79 Å². The van der Waals surface area contributed by atoms with Gasteiger partial charge in [0.1, 0.15) is 0 Å². The Balaban J connectivity index is 2.74. The third-order valence-electron chi connectivity index (χ3n) is 2.99. The summed E-state index contributed by atoms with van der Waals surface area (Å²) in [5.74, 6) is 0.176. The molecule has 20 heavy (non-hydrogen) atoms. The maximum Gasteiger partial charge on any atom is 0.253 e. The number of amides is 1. The minimum absolute atomic E-state index is 0.219. The molecule has 1 unspecified atom stereocenters. The smallest absolute Gasteiger partial charge is 0.253 e. The standard InChI is InChI=1S/C15H25N3O2/c1-10(2)7-12(19)9-17-15(20)13-8-11(16)5-6-14(13)18(3)4/h5-6,8,10,12,19H,7,9,16H2,1-4H3,(H,17,20). The van der Waals surface area contributed by atoms with Crippen LogP contribution in [0.2, 0.25) is 0 Å². The number of carbonyl (C=O) groups excluding carboxylic acids is 1. The lowest BCUT2D eigenvalue weighted by atomic mass is 10.1. The van der Waals surface area contributed by atoms with E-state index in [4.69, 9.17) is 5.73 Å². The zero-order chi connectivity index (χ0) is 15.3. The van der Waals surface area contributed by atoms with Crippen LogP contribution in [0.1, 0.15) is 30.6 Å². The highest BCUT2D eigenvalue weighted by molar-refractivity contribution is 6.00. The van der Waals surface area contributed by atoms with E-state index in [2.05, 4.69) is 5.32 Å². The summed E-state index contributed by atoms with van der Waals surface area (Å²) in [6, 6.07) is 5.23. The number of anilines is 2. The number of hydrogen-bond acceptors (Lipinski definition) is 4. The second kappa shape index (κ2) is 7.14. The third kappa shape index (κ3) is 4.74. The van der Waals surface area contributed by atoms with E-state index < -0.39 is 6.10 Å². The fourth-order valence-electron chi connectivity index (χ4n) is 2.06. The average molecular weight is 279 g/mol. The molecule has 0 aliphatic carbocycles. The van der Waals surface area contributed by atoms with E-state index >= 15 is 0 Å². The second-order valence-corrected chi connectivity index (χ2v) is 5.66. The lowest BCUT2D eigenvalue weighted by Gasteiger charge is -2.19. The molecule has 112 valence electrons. The number of carbonyl (C=O) groups is 1. The molecule has 0 aromatic heterocycles. The number of benzene rings is 1. The maximum atomic E-state index is 12.2. The van der Waals surface area contributed by atoms with E-state index in [1.54, 1.807) is 12.1 Å². The molecule has 5 heteroatoms. The Labute approximate surface area is 120 Å². The van der Waals surface area contributed by atoms with Crippen LogP contribution in [0, 0.1) is 5.92 Å². The highest BCUT2D eigenvalue weighted by atomic mass is 16.3. The summed E-state index contributed by atoms with van der Waals surface area (Å²) >= 11 is 0. The number of nitrogens with one attached hydrogen (secondary N) is 1. The predicted molar refractivity (Wildman–Crippen MR) is 83.0 cm³/mol.